The topological polar surface area (TPSA) is 92.8 Å². The maximum absolute atomic E-state index is 12.6. The van der Waals surface area contributed by atoms with Crippen molar-refractivity contribution in [2.75, 3.05) is 18.5 Å². The molecule has 29 heavy (non-hydrogen) atoms. The Bertz CT molecular complexity index is 852. The summed E-state index contributed by atoms with van der Waals surface area (Å²) in [6, 6.07) is 5.71. The SMILES string of the molecule is Cc1ccc(C)c(NC(=O)COC(=O)CCN2C(=O)[C@@H]3[C@@H]4CC[C@H](C4)[C@@H]3C2=O)c1. The molecule has 4 atom stereocenters. The zero-order valence-corrected chi connectivity index (χ0v) is 16.8. The second kappa shape index (κ2) is 7.61. The highest BCUT2D eigenvalue weighted by molar-refractivity contribution is 6.06. The predicted molar refractivity (Wildman–Crippen MR) is 105 cm³/mol. The molecule has 1 aliphatic heterocycles. The number of anilines is 1. The lowest BCUT2D eigenvalue weighted by atomic mass is 9.81. The number of rotatable bonds is 6. The van der Waals surface area contributed by atoms with Crippen molar-refractivity contribution in [3.63, 3.8) is 0 Å². The van der Waals surface area contributed by atoms with Crippen LogP contribution in [-0.4, -0.2) is 41.7 Å². The van der Waals surface area contributed by atoms with Gasteiger partial charge in [0.2, 0.25) is 11.8 Å². The minimum Gasteiger partial charge on any atom is -0.456 e. The van der Waals surface area contributed by atoms with E-state index in [0.29, 0.717) is 17.5 Å². The van der Waals surface area contributed by atoms with Crippen LogP contribution >= 0.6 is 0 Å². The summed E-state index contributed by atoms with van der Waals surface area (Å²) in [7, 11) is 0. The molecule has 0 aromatic heterocycles. The maximum atomic E-state index is 12.6. The number of esters is 1. The molecule has 1 saturated heterocycles. The molecule has 3 aliphatic rings. The van der Waals surface area contributed by atoms with E-state index in [1.807, 2.05) is 32.0 Å². The van der Waals surface area contributed by atoms with E-state index in [0.717, 1.165) is 30.4 Å². The fourth-order valence-electron chi connectivity index (χ4n) is 5.17. The van der Waals surface area contributed by atoms with Crippen molar-refractivity contribution in [2.24, 2.45) is 23.7 Å². The lowest BCUT2D eigenvalue weighted by Crippen LogP contribution is -2.35. The quantitative estimate of drug-likeness (QED) is 0.586. The smallest absolute Gasteiger partial charge is 0.308 e. The highest BCUT2D eigenvalue weighted by atomic mass is 16.5. The molecule has 1 N–H and O–H groups in total. The molecule has 3 fully saturated rings. The average molecular weight is 398 g/mol. The number of hydrogen-bond donors (Lipinski definition) is 1. The fraction of sp³-hybridized carbons (Fsp3) is 0.545. The summed E-state index contributed by atoms with van der Waals surface area (Å²) in [5.74, 6) is -0.992. The molecule has 1 aromatic carbocycles. The highest BCUT2D eigenvalue weighted by Crippen LogP contribution is 2.56. The van der Waals surface area contributed by atoms with Crippen LogP contribution in [0.3, 0.4) is 0 Å². The molecule has 4 rings (SSSR count). The van der Waals surface area contributed by atoms with Gasteiger partial charge in [-0.3, -0.25) is 24.1 Å². The van der Waals surface area contributed by atoms with Crippen LogP contribution in [0.5, 0.6) is 0 Å². The zero-order chi connectivity index (χ0) is 20.7. The summed E-state index contributed by atoms with van der Waals surface area (Å²) in [5, 5.41) is 2.73. The number of amides is 3. The first kappa shape index (κ1) is 19.6. The molecule has 0 unspecified atom stereocenters. The van der Waals surface area contributed by atoms with Gasteiger partial charge in [0.15, 0.2) is 6.61 Å². The van der Waals surface area contributed by atoms with Crippen molar-refractivity contribution in [1.82, 2.24) is 4.90 Å². The Labute approximate surface area is 169 Å². The molecular formula is C22H26N2O5. The van der Waals surface area contributed by atoms with Crippen molar-refractivity contribution < 1.29 is 23.9 Å². The molecule has 1 aromatic rings. The van der Waals surface area contributed by atoms with Gasteiger partial charge in [0.1, 0.15) is 0 Å². The normalized spacial score (nSPS) is 27.3. The Morgan fingerprint density at radius 2 is 1.76 bits per heavy atom. The number of aryl methyl sites for hydroxylation is 2. The summed E-state index contributed by atoms with van der Waals surface area (Å²) in [5.41, 5.74) is 2.61. The van der Waals surface area contributed by atoms with Crippen LogP contribution in [0.25, 0.3) is 0 Å². The van der Waals surface area contributed by atoms with E-state index in [4.69, 9.17) is 4.74 Å². The van der Waals surface area contributed by atoms with Crippen molar-refractivity contribution >= 4 is 29.4 Å². The highest BCUT2D eigenvalue weighted by Gasteiger charge is 2.60. The van der Waals surface area contributed by atoms with E-state index >= 15 is 0 Å². The fourth-order valence-corrected chi connectivity index (χ4v) is 5.17. The van der Waals surface area contributed by atoms with Gasteiger partial charge in [-0.15, -0.1) is 0 Å². The first-order chi connectivity index (χ1) is 13.8. The number of carbonyl (C=O) groups excluding carboxylic acids is 4. The largest absolute Gasteiger partial charge is 0.456 e. The number of hydrogen-bond acceptors (Lipinski definition) is 5. The number of nitrogens with one attached hydrogen (secondary N) is 1. The molecule has 7 nitrogen and oxygen atoms in total. The van der Waals surface area contributed by atoms with Crippen LogP contribution in [0.15, 0.2) is 18.2 Å². The molecule has 2 saturated carbocycles. The number of imide groups is 1. The van der Waals surface area contributed by atoms with Crippen molar-refractivity contribution in [3.8, 4) is 0 Å². The Kier molecular flexibility index (Phi) is 5.15. The standard InChI is InChI=1S/C22H26N2O5/c1-12-3-4-13(2)16(9-12)23-17(25)11-29-18(26)7-8-24-21(27)19-14-5-6-15(10-14)20(19)22(24)28/h3-4,9,14-15,19-20H,5-8,10-11H2,1-2H3,(H,23,25)/t14-,15-,19-,20+/m1/s1. The Morgan fingerprint density at radius 1 is 1.10 bits per heavy atom. The third-order valence-electron chi connectivity index (χ3n) is 6.59. The monoisotopic (exact) mass is 398 g/mol. The van der Waals surface area contributed by atoms with Crippen LogP contribution in [0, 0.1) is 37.5 Å². The molecule has 154 valence electrons. The maximum Gasteiger partial charge on any atom is 0.308 e. The van der Waals surface area contributed by atoms with Crippen LogP contribution in [0.4, 0.5) is 5.69 Å². The lowest BCUT2D eigenvalue weighted by Gasteiger charge is -2.19. The molecule has 0 spiro atoms. The van der Waals surface area contributed by atoms with Gasteiger partial charge >= 0.3 is 5.97 Å². The predicted octanol–water partition coefficient (Wildman–Crippen LogP) is 2.21. The minimum atomic E-state index is -0.596. The molecule has 2 bridgehead atoms. The molecule has 7 heteroatoms. The first-order valence-corrected chi connectivity index (χ1v) is 10.2. The van der Waals surface area contributed by atoms with E-state index in [9.17, 15) is 19.2 Å². The Balaban J connectivity index is 1.24. The van der Waals surface area contributed by atoms with Gasteiger partial charge in [0, 0.05) is 12.2 Å². The number of ether oxygens (including phenoxy) is 1. The zero-order valence-electron chi connectivity index (χ0n) is 16.8. The number of benzene rings is 1. The van der Waals surface area contributed by atoms with Crippen molar-refractivity contribution in [1.29, 1.82) is 0 Å². The van der Waals surface area contributed by atoms with Gasteiger partial charge in [-0.05, 0) is 62.1 Å². The van der Waals surface area contributed by atoms with Crippen molar-refractivity contribution in [2.45, 2.75) is 39.5 Å². The van der Waals surface area contributed by atoms with E-state index < -0.39 is 18.5 Å². The van der Waals surface area contributed by atoms with E-state index in [1.165, 1.54) is 4.90 Å². The summed E-state index contributed by atoms with van der Waals surface area (Å²) in [6.07, 6.45) is 2.94. The Hall–Kier alpha value is -2.70. The van der Waals surface area contributed by atoms with Crippen LogP contribution in [0.1, 0.15) is 36.8 Å². The second-order valence-corrected chi connectivity index (χ2v) is 8.49. The second-order valence-electron chi connectivity index (χ2n) is 8.49. The number of carbonyl (C=O) groups is 4. The lowest BCUT2D eigenvalue weighted by molar-refractivity contribution is -0.149. The summed E-state index contributed by atoms with van der Waals surface area (Å²) in [4.78, 5) is 50.5. The first-order valence-electron chi connectivity index (χ1n) is 10.2. The van der Waals surface area contributed by atoms with Gasteiger partial charge in [-0.25, -0.2) is 0 Å². The van der Waals surface area contributed by atoms with Gasteiger partial charge < -0.3 is 10.1 Å². The molecule has 3 amide bonds. The average Bonchev–Trinajstić information content (AvgIpc) is 3.36. The van der Waals surface area contributed by atoms with E-state index in [-0.39, 0.29) is 36.6 Å². The Morgan fingerprint density at radius 3 is 2.41 bits per heavy atom. The van der Waals surface area contributed by atoms with Gasteiger partial charge in [0.05, 0.1) is 18.3 Å². The number of likely N-dealkylation sites (tertiary alicyclic amines) is 1. The summed E-state index contributed by atoms with van der Waals surface area (Å²) >= 11 is 0. The van der Waals surface area contributed by atoms with E-state index in [1.54, 1.807) is 0 Å². The van der Waals surface area contributed by atoms with Gasteiger partial charge in [0.25, 0.3) is 5.91 Å². The third-order valence-corrected chi connectivity index (χ3v) is 6.59. The molecule has 0 radical (unpaired) electrons. The minimum absolute atomic E-state index is 0.0293. The summed E-state index contributed by atoms with van der Waals surface area (Å²) in [6.45, 7) is 3.44. The van der Waals surface area contributed by atoms with Crippen LogP contribution in [-0.2, 0) is 23.9 Å². The molecular weight excluding hydrogens is 372 g/mol. The molecule has 1 heterocycles. The summed E-state index contributed by atoms with van der Waals surface area (Å²) < 4.78 is 5.02. The van der Waals surface area contributed by atoms with E-state index in [2.05, 4.69) is 5.32 Å². The third kappa shape index (κ3) is 3.66. The van der Waals surface area contributed by atoms with Crippen molar-refractivity contribution in [3.05, 3.63) is 29.3 Å². The number of fused-ring (bicyclic) bond motifs is 5. The number of nitrogens with zero attached hydrogens (tertiary/aromatic N) is 1. The molecule has 2 aliphatic carbocycles. The van der Waals surface area contributed by atoms with Crippen LogP contribution in [0.2, 0.25) is 0 Å². The van der Waals surface area contributed by atoms with Crippen LogP contribution < -0.4 is 5.32 Å². The van der Waals surface area contributed by atoms with Gasteiger partial charge in [-0.2, -0.15) is 0 Å². The van der Waals surface area contributed by atoms with Gasteiger partial charge in [-0.1, -0.05) is 12.1 Å².